The number of carbonyl (C=O) groups excluding carboxylic acids is 1. The maximum atomic E-state index is 12.8. The van der Waals surface area contributed by atoms with Crippen LogP contribution in [0.15, 0.2) is 52.1 Å². The summed E-state index contributed by atoms with van der Waals surface area (Å²) in [5.41, 5.74) is 1.06. The molecule has 140 valence electrons. The van der Waals surface area contributed by atoms with Crippen molar-refractivity contribution in [3.05, 3.63) is 64.5 Å². The number of hydrogen-bond acceptors (Lipinski definition) is 5. The van der Waals surface area contributed by atoms with Crippen LogP contribution in [0.5, 0.6) is 0 Å². The molecule has 1 saturated heterocycles. The first-order valence-corrected chi connectivity index (χ1v) is 9.24. The molecule has 0 aliphatic carbocycles. The van der Waals surface area contributed by atoms with E-state index in [-0.39, 0.29) is 18.0 Å². The molecule has 1 aliphatic heterocycles. The minimum absolute atomic E-state index is 0.0882. The van der Waals surface area contributed by atoms with E-state index in [2.05, 4.69) is 15.3 Å². The summed E-state index contributed by atoms with van der Waals surface area (Å²) in [5, 5.41) is 8.80. The fourth-order valence-electron chi connectivity index (χ4n) is 3.49. The lowest BCUT2D eigenvalue weighted by molar-refractivity contribution is 0.0949. The van der Waals surface area contributed by atoms with E-state index in [9.17, 15) is 9.59 Å². The van der Waals surface area contributed by atoms with Gasteiger partial charge in [0.15, 0.2) is 0 Å². The lowest BCUT2D eigenvalue weighted by Gasteiger charge is -2.16. The Bertz CT molecular complexity index is 988. The van der Waals surface area contributed by atoms with Gasteiger partial charge in [0, 0.05) is 11.9 Å². The molecule has 1 aromatic carbocycles. The monoisotopic (exact) mass is 366 g/mol. The van der Waals surface area contributed by atoms with Gasteiger partial charge in [-0.05, 0) is 38.1 Å². The van der Waals surface area contributed by atoms with Crippen molar-refractivity contribution >= 4 is 16.7 Å². The average molecular weight is 366 g/mol. The second-order valence-corrected chi connectivity index (χ2v) is 6.76. The van der Waals surface area contributed by atoms with Crippen LogP contribution in [-0.4, -0.2) is 40.2 Å². The number of rotatable bonds is 6. The number of nitrogens with zero attached hydrogens (tertiary/aromatic N) is 3. The molecule has 0 radical (unpaired) electrons. The fourth-order valence-corrected chi connectivity index (χ4v) is 3.49. The molecule has 0 saturated carbocycles. The lowest BCUT2D eigenvalue weighted by atomic mass is 10.1. The fraction of sp³-hybridized carbons (Fsp3) is 0.350. The van der Waals surface area contributed by atoms with Crippen LogP contribution in [0.25, 0.3) is 10.8 Å². The third-order valence-corrected chi connectivity index (χ3v) is 4.97. The molecule has 7 heteroatoms. The number of carbonyl (C=O) groups is 1. The zero-order valence-corrected chi connectivity index (χ0v) is 15.1. The van der Waals surface area contributed by atoms with Crippen LogP contribution < -0.4 is 10.9 Å². The average Bonchev–Trinajstić information content (AvgIpc) is 3.40. The number of nitrogens with one attached hydrogen (secondary N) is 1. The van der Waals surface area contributed by atoms with Crippen LogP contribution >= 0.6 is 0 Å². The summed E-state index contributed by atoms with van der Waals surface area (Å²) in [6, 6.07) is 9.01. The standard InChI is InChI=1S/C20H22N4O3/c25-19(15-7-12-27-14-15)21-13-18-16-5-1-2-6-17(16)20(26)24(22-18)11-10-23-8-3-4-9-23/h1-2,5-7,12,14H,3-4,8-11,13H2,(H,21,25). The number of likely N-dealkylation sites (tertiary alicyclic amines) is 1. The van der Waals surface area contributed by atoms with Gasteiger partial charge in [0.2, 0.25) is 0 Å². The molecule has 1 aliphatic rings. The summed E-state index contributed by atoms with van der Waals surface area (Å²) in [7, 11) is 0. The van der Waals surface area contributed by atoms with Crippen molar-refractivity contribution in [1.29, 1.82) is 0 Å². The lowest BCUT2D eigenvalue weighted by Crippen LogP contribution is -2.32. The highest BCUT2D eigenvalue weighted by molar-refractivity contribution is 5.94. The Kier molecular flexibility index (Phi) is 5.02. The van der Waals surface area contributed by atoms with Gasteiger partial charge in [0.1, 0.15) is 6.26 Å². The molecule has 1 amide bonds. The molecule has 27 heavy (non-hydrogen) atoms. The molecule has 0 bridgehead atoms. The Morgan fingerprint density at radius 3 is 2.63 bits per heavy atom. The van der Waals surface area contributed by atoms with E-state index in [1.807, 2.05) is 24.3 Å². The van der Waals surface area contributed by atoms with E-state index < -0.39 is 0 Å². The molecule has 7 nitrogen and oxygen atoms in total. The Balaban J connectivity index is 1.59. The van der Waals surface area contributed by atoms with Crippen molar-refractivity contribution < 1.29 is 9.21 Å². The molecule has 0 atom stereocenters. The predicted molar refractivity (Wildman–Crippen MR) is 102 cm³/mol. The molecule has 2 aromatic heterocycles. The zero-order valence-electron chi connectivity index (χ0n) is 15.1. The predicted octanol–water partition coefficient (Wildman–Crippen LogP) is 2.02. The summed E-state index contributed by atoms with van der Waals surface area (Å²) in [6.45, 7) is 3.76. The quantitative estimate of drug-likeness (QED) is 0.722. The molecule has 3 heterocycles. The van der Waals surface area contributed by atoms with Crippen molar-refractivity contribution in [2.24, 2.45) is 0 Å². The largest absolute Gasteiger partial charge is 0.472 e. The van der Waals surface area contributed by atoms with Gasteiger partial charge in [-0.3, -0.25) is 9.59 Å². The van der Waals surface area contributed by atoms with E-state index in [0.29, 0.717) is 23.2 Å². The molecule has 0 unspecified atom stereocenters. The Morgan fingerprint density at radius 2 is 1.89 bits per heavy atom. The Hall–Kier alpha value is -2.93. The van der Waals surface area contributed by atoms with Crippen molar-refractivity contribution in [2.75, 3.05) is 19.6 Å². The molecule has 1 fully saturated rings. The van der Waals surface area contributed by atoms with Gasteiger partial charge < -0.3 is 14.6 Å². The van der Waals surface area contributed by atoms with Gasteiger partial charge in [0.25, 0.3) is 11.5 Å². The van der Waals surface area contributed by atoms with Crippen LogP contribution in [0.4, 0.5) is 0 Å². The highest BCUT2D eigenvalue weighted by atomic mass is 16.3. The first-order chi connectivity index (χ1) is 13.2. The van der Waals surface area contributed by atoms with Crippen molar-refractivity contribution in [2.45, 2.75) is 25.9 Å². The highest BCUT2D eigenvalue weighted by Gasteiger charge is 2.15. The van der Waals surface area contributed by atoms with Crippen molar-refractivity contribution in [3.8, 4) is 0 Å². The zero-order chi connectivity index (χ0) is 18.6. The summed E-state index contributed by atoms with van der Waals surface area (Å²) >= 11 is 0. The van der Waals surface area contributed by atoms with Gasteiger partial charge in [-0.1, -0.05) is 18.2 Å². The van der Waals surface area contributed by atoms with Gasteiger partial charge in [0.05, 0.1) is 36.0 Å². The molecular weight excluding hydrogens is 344 g/mol. The van der Waals surface area contributed by atoms with Gasteiger partial charge >= 0.3 is 0 Å². The third kappa shape index (κ3) is 3.78. The molecular formula is C20H22N4O3. The van der Waals surface area contributed by atoms with Gasteiger partial charge in [-0.2, -0.15) is 5.10 Å². The first-order valence-electron chi connectivity index (χ1n) is 9.24. The van der Waals surface area contributed by atoms with Crippen molar-refractivity contribution in [3.63, 3.8) is 0 Å². The van der Waals surface area contributed by atoms with E-state index >= 15 is 0 Å². The molecule has 3 aromatic rings. The minimum Gasteiger partial charge on any atom is -0.472 e. The maximum Gasteiger partial charge on any atom is 0.274 e. The second-order valence-electron chi connectivity index (χ2n) is 6.76. The Morgan fingerprint density at radius 1 is 1.11 bits per heavy atom. The number of furan rings is 1. The van der Waals surface area contributed by atoms with E-state index in [1.54, 1.807) is 6.07 Å². The summed E-state index contributed by atoms with van der Waals surface area (Å²) in [6.07, 6.45) is 5.29. The Labute approximate surface area is 156 Å². The van der Waals surface area contributed by atoms with Gasteiger partial charge in [-0.25, -0.2) is 4.68 Å². The number of amides is 1. The SMILES string of the molecule is O=C(NCc1nn(CCN2CCCC2)c(=O)c2ccccc12)c1ccoc1. The first kappa shape index (κ1) is 17.5. The van der Waals surface area contributed by atoms with Crippen LogP contribution in [0.1, 0.15) is 28.9 Å². The van der Waals surface area contributed by atoms with E-state index in [4.69, 9.17) is 4.42 Å². The number of benzene rings is 1. The van der Waals surface area contributed by atoms with Crippen LogP contribution in [0.3, 0.4) is 0 Å². The number of aromatic nitrogens is 2. The van der Waals surface area contributed by atoms with Crippen LogP contribution in [0, 0.1) is 0 Å². The number of hydrogen-bond donors (Lipinski definition) is 1. The summed E-state index contributed by atoms with van der Waals surface area (Å²) in [5.74, 6) is -0.232. The van der Waals surface area contributed by atoms with Crippen molar-refractivity contribution in [1.82, 2.24) is 20.0 Å². The smallest absolute Gasteiger partial charge is 0.274 e. The molecule has 0 spiro atoms. The van der Waals surface area contributed by atoms with E-state index in [1.165, 1.54) is 30.0 Å². The van der Waals surface area contributed by atoms with Crippen LogP contribution in [0.2, 0.25) is 0 Å². The maximum absolute atomic E-state index is 12.8. The van der Waals surface area contributed by atoms with E-state index in [0.717, 1.165) is 25.0 Å². The second kappa shape index (κ2) is 7.75. The topological polar surface area (TPSA) is 80.4 Å². The summed E-state index contributed by atoms with van der Waals surface area (Å²) < 4.78 is 6.47. The highest BCUT2D eigenvalue weighted by Crippen LogP contribution is 2.14. The minimum atomic E-state index is -0.232. The third-order valence-electron chi connectivity index (χ3n) is 4.97. The van der Waals surface area contributed by atoms with Crippen LogP contribution in [-0.2, 0) is 13.1 Å². The van der Waals surface area contributed by atoms with Gasteiger partial charge in [-0.15, -0.1) is 0 Å². The molecule has 1 N–H and O–H groups in total. The summed E-state index contributed by atoms with van der Waals surface area (Å²) in [4.78, 5) is 27.3. The number of fused-ring (bicyclic) bond motifs is 1. The normalized spacial score (nSPS) is 14.7. The molecule has 4 rings (SSSR count).